The van der Waals surface area contributed by atoms with Gasteiger partial charge in [0.1, 0.15) is 5.82 Å². The molecule has 1 heterocycles. The van der Waals surface area contributed by atoms with Gasteiger partial charge in [-0.15, -0.1) is 10.2 Å². The fourth-order valence-corrected chi connectivity index (χ4v) is 4.14. The minimum atomic E-state index is -0.122. The summed E-state index contributed by atoms with van der Waals surface area (Å²) in [6.07, 6.45) is 4.86. The Kier molecular flexibility index (Phi) is 6.08. The number of anilines is 1. The first kappa shape index (κ1) is 18.6. The van der Waals surface area contributed by atoms with Crippen LogP contribution in [0.1, 0.15) is 61.6 Å². The van der Waals surface area contributed by atoms with Crippen LogP contribution < -0.4 is 5.32 Å². The van der Waals surface area contributed by atoms with E-state index in [-0.39, 0.29) is 17.4 Å². The molecule has 1 amide bonds. The van der Waals surface area contributed by atoms with Crippen LogP contribution in [0, 0.1) is 0 Å². The molecule has 0 unspecified atom stereocenters. The molecule has 2 aromatic rings. The lowest BCUT2D eigenvalue weighted by Crippen LogP contribution is -2.15. The Morgan fingerprint density at radius 2 is 2.04 bits per heavy atom. The van der Waals surface area contributed by atoms with Gasteiger partial charge in [0.2, 0.25) is 5.91 Å². The van der Waals surface area contributed by atoms with Gasteiger partial charge in [-0.3, -0.25) is 9.59 Å². The summed E-state index contributed by atoms with van der Waals surface area (Å²) >= 11 is 1.40. The molecule has 1 aromatic carbocycles. The number of aromatic nitrogens is 3. The Morgan fingerprint density at radius 1 is 1.27 bits per heavy atom. The van der Waals surface area contributed by atoms with Gasteiger partial charge >= 0.3 is 0 Å². The quantitative estimate of drug-likeness (QED) is 0.589. The smallest absolute Gasteiger partial charge is 0.234 e. The molecule has 1 aliphatic rings. The largest absolute Gasteiger partial charge is 0.325 e. The first-order valence-corrected chi connectivity index (χ1v) is 10.0. The van der Waals surface area contributed by atoms with Gasteiger partial charge in [0.15, 0.2) is 10.9 Å². The molecule has 138 valence electrons. The fraction of sp³-hybridized carbons (Fsp3) is 0.474. The van der Waals surface area contributed by atoms with Crippen LogP contribution in [0.2, 0.25) is 0 Å². The number of benzene rings is 1. The molecule has 0 saturated heterocycles. The van der Waals surface area contributed by atoms with E-state index in [1.807, 2.05) is 0 Å². The van der Waals surface area contributed by atoms with Crippen molar-refractivity contribution < 1.29 is 9.59 Å². The number of rotatable bonds is 7. The van der Waals surface area contributed by atoms with Crippen LogP contribution in [0.5, 0.6) is 0 Å². The normalized spacial score (nSPS) is 14.5. The van der Waals surface area contributed by atoms with Crippen molar-refractivity contribution in [2.75, 3.05) is 11.1 Å². The number of hydrogen-bond acceptors (Lipinski definition) is 5. The van der Waals surface area contributed by atoms with Gasteiger partial charge in [-0.25, -0.2) is 0 Å². The number of carbonyl (C=O) groups is 2. The van der Waals surface area contributed by atoms with Crippen LogP contribution >= 0.6 is 11.8 Å². The molecule has 6 nitrogen and oxygen atoms in total. The van der Waals surface area contributed by atoms with Crippen LogP contribution in [0.3, 0.4) is 0 Å². The van der Waals surface area contributed by atoms with Crippen molar-refractivity contribution in [3.05, 3.63) is 35.7 Å². The van der Waals surface area contributed by atoms with Crippen molar-refractivity contribution in [2.24, 2.45) is 0 Å². The molecule has 0 atom stereocenters. The number of nitrogens with zero attached hydrogens (tertiary/aromatic N) is 3. The Labute approximate surface area is 157 Å². The maximum Gasteiger partial charge on any atom is 0.234 e. The molecule has 7 heteroatoms. The van der Waals surface area contributed by atoms with E-state index in [9.17, 15) is 9.59 Å². The molecule has 0 spiro atoms. The molecule has 1 saturated carbocycles. The molecule has 0 aliphatic heterocycles. The van der Waals surface area contributed by atoms with Gasteiger partial charge in [0.05, 0.1) is 5.75 Å². The monoisotopic (exact) mass is 372 g/mol. The number of nitrogens with one attached hydrogen (secondary N) is 1. The average Bonchev–Trinajstić information content (AvgIpc) is 3.29. The highest BCUT2D eigenvalue weighted by Crippen LogP contribution is 2.34. The number of ketones is 1. The Hall–Kier alpha value is -2.15. The van der Waals surface area contributed by atoms with E-state index in [0.29, 0.717) is 17.2 Å². The van der Waals surface area contributed by atoms with E-state index in [0.717, 1.165) is 17.5 Å². The van der Waals surface area contributed by atoms with E-state index >= 15 is 0 Å². The third-order valence-corrected chi connectivity index (χ3v) is 5.63. The predicted octanol–water partition coefficient (Wildman–Crippen LogP) is 3.89. The summed E-state index contributed by atoms with van der Waals surface area (Å²) in [5.41, 5.74) is 1.22. The number of hydrogen-bond donors (Lipinski definition) is 1. The molecular formula is C19H24N4O2S. The summed E-state index contributed by atoms with van der Waals surface area (Å²) in [7, 11) is 0. The predicted molar refractivity (Wildman–Crippen MR) is 103 cm³/mol. The maximum absolute atomic E-state index is 12.3. The zero-order valence-electron chi connectivity index (χ0n) is 15.2. The molecule has 1 aliphatic carbocycles. The summed E-state index contributed by atoms with van der Waals surface area (Å²) in [6.45, 7) is 4.40. The highest BCUT2D eigenvalue weighted by molar-refractivity contribution is 7.99. The van der Waals surface area contributed by atoms with Crippen LogP contribution in [0.4, 0.5) is 5.69 Å². The highest BCUT2D eigenvalue weighted by atomic mass is 32.2. The molecular weight excluding hydrogens is 348 g/mol. The van der Waals surface area contributed by atoms with E-state index in [2.05, 4.69) is 27.0 Å². The lowest BCUT2D eigenvalue weighted by Gasteiger charge is -2.11. The van der Waals surface area contributed by atoms with E-state index < -0.39 is 0 Å². The van der Waals surface area contributed by atoms with Gasteiger partial charge < -0.3 is 9.88 Å². The van der Waals surface area contributed by atoms with Gasteiger partial charge in [0.25, 0.3) is 0 Å². The zero-order chi connectivity index (χ0) is 18.5. The average molecular weight is 372 g/mol. The number of carbonyl (C=O) groups excluding carboxylic acids is 2. The van der Waals surface area contributed by atoms with Crippen LogP contribution in [-0.2, 0) is 11.3 Å². The first-order valence-electron chi connectivity index (χ1n) is 9.05. The summed E-state index contributed by atoms with van der Waals surface area (Å²) in [6, 6.07) is 6.97. The lowest BCUT2D eigenvalue weighted by molar-refractivity contribution is -0.113. The molecule has 1 fully saturated rings. The van der Waals surface area contributed by atoms with Crippen LogP contribution in [0.25, 0.3) is 0 Å². The molecule has 26 heavy (non-hydrogen) atoms. The van der Waals surface area contributed by atoms with Crippen LogP contribution in [0.15, 0.2) is 29.4 Å². The summed E-state index contributed by atoms with van der Waals surface area (Å²) < 4.78 is 2.13. The topological polar surface area (TPSA) is 76.9 Å². The molecule has 0 bridgehead atoms. The van der Waals surface area contributed by atoms with E-state index in [4.69, 9.17) is 0 Å². The highest BCUT2D eigenvalue weighted by Gasteiger charge is 2.24. The third kappa shape index (κ3) is 4.33. The van der Waals surface area contributed by atoms with Crippen molar-refractivity contribution in [1.82, 2.24) is 14.8 Å². The summed E-state index contributed by atoms with van der Waals surface area (Å²) in [5, 5.41) is 12.3. The minimum Gasteiger partial charge on any atom is -0.325 e. The second-order valence-electron chi connectivity index (χ2n) is 6.54. The standard InChI is InChI=1S/C19H24N4O2S/c1-3-23-18(14-7-4-5-8-14)21-22-19(23)26-12-17(25)20-16-10-6-9-15(11-16)13(2)24/h6,9-11,14H,3-5,7-8,12H2,1-2H3,(H,20,25). The molecule has 1 aromatic heterocycles. The number of amides is 1. The Morgan fingerprint density at radius 3 is 2.73 bits per heavy atom. The number of Topliss-reactive ketones (excluding diaryl/α,β-unsaturated/α-hetero) is 1. The van der Waals surface area contributed by atoms with Gasteiger partial charge in [0, 0.05) is 23.7 Å². The van der Waals surface area contributed by atoms with Crippen molar-refractivity contribution in [1.29, 1.82) is 0 Å². The van der Waals surface area contributed by atoms with E-state index in [1.165, 1.54) is 44.4 Å². The molecule has 1 N–H and O–H groups in total. The van der Waals surface area contributed by atoms with Crippen molar-refractivity contribution in [3.63, 3.8) is 0 Å². The third-order valence-electron chi connectivity index (χ3n) is 4.67. The lowest BCUT2D eigenvalue weighted by atomic mass is 10.1. The Bertz CT molecular complexity index is 797. The van der Waals surface area contributed by atoms with Crippen molar-refractivity contribution in [2.45, 2.75) is 57.1 Å². The number of thioether (sulfide) groups is 1. The zero-order valence-corrected chi connectivity index (χ0v) is 16.0. The van der Waals surface area contributed by atoms with Crippen molar-refractivity contribution in [3.8, 4) is 0 Å². The molecule has 0 radical (unpaired) electrons. The fourth-order valence-electron chi connectivity index (χ4n) is 3.33. The summed E-state index contributed by atoms with van der Waals surface area (Å²) in [5.74, 6) is 1.67. The second-order valence-corrected chi connectivity index (χ2v) is 7.48. The first-order chi connectivity index (χ1) is 12.6. The Balaban J connectivity index is 1.61. The van der Waals surface area contributed by atoms with Gasteiger partial charge in [-0.2, -0.15) is 0 Å². The van der Waals surface area contributed by atoms with E-state index in [1.54, 1.807) is 24.3 Å². The van der Waals surface area contributed by atoms with Gasteiger partial charge in [-0.05, 0) is 38.8 Å². The van der Waals surface area contributed by atoms with Gasteiger partial charge in [-0.1, -0.05) is 36.7 Å². The second kappa shape index (κ2) is 8.49. The minimum absolute atomic E-state index is 0.0223. The van der Waals surface area contributed by atoms with Crippen molar-refractivity contribution >= 4 is 29.1 Å². The maximum atomic E-state index is 12.3. The van der Waals surface area contributed by atoms with Crippen LogP contribution in [-0.4, -0.2) is 32.2 Å². The SMILES string of the molecule is CCn1c(SCC(=O)Nc2cccc(C(C)=O)c2)nnc1C1CCCC1. The summed E-state index contributed by atoms with van der Waals surface area (Å²) in [4.78, 5) is 23.7. The molecule has 3 rings (SSSR count).